The molecule has 8 heteroatoms. The van der Waals surface area contributed by atoms with Gasteiger partial charge < -0.3 is 10.4 Å². The Balaban J connectivity index is 1.92. The number of hydrogen-bond acceptors (Lipinski definition) is 6. The molecule has 3 aromatic heterocycles. The fourth-order valence-electron chi connectivity index (χ4n) is 2.03. The summed E-state index contributed by atoms with van der Waals surface area (Å²) in [6.07, 6.45) is 1.45. The maximum absolute atomic E-state index is 10.8. The minimum Gasteiger partial charge on any atom is -0.477 e. The van der Waals surface area contributed by atoms with Crippen molar-refractivity contribution in [2.75, 3.05) is 5.32 Å². The molecule has 0 aliphatic carbocycles. The number of pyridine rings is 1. The molecule has 3 rings (SSSR count). The zero-order valence-electron chi connectivity index (χ0n) is 12.5. The lowest BCUT2D eigenvalue weighted by molar-refractivity contribution is 0.0690. The number of aromatic nitrogens is 5. The summed E-state index contributed by atoms with van der Waals surface area (Å²) in [7, 11) is 0. The smallest absolute Gasteiger partial charge is 0.354 e. The monoisotopic (exact) mass is 310 g/mol. The summed E-state index contributed by atoms with van der Waals surface area (Å²) in [6.45, 7) is 3.76. The van der Waals surface area contributed by atoms with Crippen molar-refractivity contribution in [3.63, 3.8) is 0 Å². The van der Waals surface area contributed by atoms with Crippen molar-refractivity contribution in [2.45, 2.75) is 13.8 Å². The van der Waals surface area contributed by atoms with Crippen LogP contribution in [0.4, 0.5) is 11.6 Å². The quantitative estimate of drug-likeness (QED) is 0.677. The molecular formula is C15H14N6O2. The van der Waals surface area contributed by atoms with Crippen molar-refractivity contribution in [1.82, 2.24) is 25.1 Å². The van der Waals surface area contributed by atoms with Gasteiger partial charge in [0.2, 0.25) is 0 Å². The summed E-state index contributed by atoms with van der Waals surface area (Å²) in [4.78, 5) is 23.5. The molecule has 0 aliphatic rings. The summed E-state index contributed by atoms with van der Waals surface area (Å²) < 4.78 is 0. The first-order valence-electron chi connectivity index (χ1n) is 6.86. The highest BCUT2D eigenvalue weighted by Crippen LogP contribution is 2.19. The number of nitrogens with zero attached hydrogens (tertiary/aromatic N) is 4. The van der Waals surface area contributed by atoms with E-state index >= 15 is 0 Å². The first kappa shape index (κ1) is 14.6. The highest BCUT2D eigenvalue weighted by atomic mass is 16.4. The van der Waals surface area contributed by atoms with E-state index in [0.717, 1.165) is 11.4 Å². The number of carbonyl (C=O) groups is 1. The van der Waals surface area contributed by atoms with E-state index in [-0.39, 0.29) is 5.69 Å². The van der Waals surface area contributed by atoms with Crippen LogP contribution in [0.1, 0.15) is 21.9 Å². The maximum Gasteiger partial charge on any atom is 0.354 e. The number of aryl methyl sites for hydroxylation is 2. The molecule has 0 spiro atoms. The summed E-state index contributed by atoms with van der Waals surface area (Å²) in [5.41, 5.74) is 2.32. The van der Waals surface area contributed by atoms with E-state index < -0.39 is 5.97 Å². The van der Waals surface area contributed by atoms with E-state index in [1.165, 1.54) is 12.3 Å². The maximum atomic E-state index is 10.8. The molecule has 0 atom stereocenters. The van der Waals surface area contributed by atoms with E-state index in [4.69, 9.17) is 5.11 Å². The highest BCUT2D eigenvalue weighted by Gasteiger charge is 2.09. The normalized spacial score (nSPS) is 10.5. The lowest BCUT2D eigenvalue weighted by Gasteiger charge is -2.06. The Kier molecular flexibility index (Phi) is 3.71. The van der Waals surface area contributed by atoms with Gasteiger partial charge >= 0.3 is 5.97 Å². The van der Waals surface area contributed by atoms with Crippen LogP contribution in [0.2, 0.25) is 0 Å². The SMILES string of the molecule is Cc1cc(Nc2cc(C)[nH]n2)nc(-c2ccc(C(=O)O)nc2)n1. The zero-order chi connectivity index (χ0) is 16.4. The van der Waals surface area contributed by atoms with E-state index in [1.54, 1.807) is 12.1 Å². The molecule has 0 amide bonds. The Hall–Kier alpha value is -3.29. The van der Waals surface area contributed by atoms with Gasteiger partial charge in [0, 0.05) is 35.3 Å². The molecule has 0 saturated heterocycles. The van der Waals surface area contributed by atoms with Gasteiger partial charge in [-0.2, -0.15) is 5.10 Å². The summed E-state index contributed by atoms with van der Waals surface area (Å²) >= 11 is 0. The van der Waals surface area contributed by atoms with Crippen LogP contribution in [-0.4, -0.2) is 36.2 Å². The number of H-pyrrole nitrogens is 1. The van der Waals surface area contributed by atoms with Crippen LogP contribution in [0.5, 0.6) is 0 Å². The van der Waals surface area contributed by atoms with E-state index in [1.807, 2.05) is 19.9 Å². The van der Waals surface area contributed by atoms with Crippen molar-refractivity contribution in [3.05, 3.63) is 47.5 Å². The van der Waals surface area contributed by atoms with Gasteiger partial charge in [-0.05, 0) is 26.0 Å². The number of anilines is 2. The van der Waals surface area contributed by atoms with Gasteiger partial charge in [-0.1, -0.05) is 0 Å². The fraction of sp³-hybridized carbons (Fsp3) is 0.133. The van der Waals surface area contributed by atoms with Crippen molar-refractivity contribution < 1.29 is 9.90 Å². The second kappa shape index (κ2) is 5.84. The Morgan fingerprint density at radius 2 is 2.00 bits per heavy atom. The van der Waals surface area contributed by atoms with Gasteiger partial charge in [-0.15, -0.1) is 0 Å². The third-order valence-corrected chi connectivity index (χ3v) is 3.06. The van der Waals surface area contributed by atoms with Crippen molar-refractivity contribution >= 4 is 17.6 Å². The van der Waals surface area contributed by atoms with E-state index in [9.17, 15) is 4.79 Å². The van der Waals surface area contributed by atoms with Crippen LogP contribution in [0, 0.1) is 13.8 Å². The second-order valence-electron chi connectivity index (χ2n) is 5.02. The molecule has 8 nitrogen and oxygen atoms in total. The molecule has 0 aliphatic heterocycles. The van der Waals surface area contributed by atoms with Gasteiger partial charge in [0.25, 0.3) is 0 Å². The molecule has 3 N–H and O–H groups in total. The lowest BCUT2D eigenvalue weighted by atomic mass is 10.2. The van der Waals surface area contributed by atoms with Gasteiger partial charge in [0.05, 0.1) is 0 Å². The summed E-state index contributed by atoms with van der Waals surface area (Å²) in [5.74, 6) is 0.648. The zero-order valence-corrected chi connectivity index (χ0v) is 12.5. The third kappa shape index (κ3) is 3.31. The van der Waals surface area contributed by atoms with Crippen LogP contribution >= 0.6 is 0 Å². The molecule has 0 saturated carbocycles. The predicted molar refractivity (Wildman–Crippen MR) is 83.6 cm³/mol. The number of carboxylic acid groups (broad SMARTS) is 1. The molecule has 0 aromatic carbocycles. The molecule has 3 heterocycles. The predicted octanol–water partition coefficient (Wildman–Crippen LogP) is 2.32. The van der Waals surface area contributed by atoms with Gasteiger partial charge in [0.15, 0.2) is 11.6 Å². The average Bonchev–Trinajstić information content (AvgIpc) is 2.92. The number of hydrogen-bond donors (Lipinski definition) is 3. The van der Waals surface area contributed by atoms with Crippen LogP contribution in [0.3, 0.4) is 0 Å². The summed E-state index contributed by atoms with van der Waals surface area (Å²) in [6, 6.07) is 6.72. The van der Waals surface area contributed by atoms with Crippen LogP contribution in [0.25, 0.3) is 11.4 Å². The Morgan fingerprint density at radius 3 is 2.61 bits per heavy atom. The van der Waals surface area contributed by atoms with Crippen molar-refractivity contribution in [3.8, 4) is 11.4 Å². The van der Waals surface area contributed by atoms with E-state index in [0.29, 0.717) is 23.0 Å². The number of carboxylic acids is 1. The third-order valence-electron chi connectivity index (χ3n) is 3.06. The topological polar surface area (TPSA) is 117 Å². The average molecular weight is 310 g/mol. The van der Waals surface area contributed by atoms with Crippen LogP contribution in [0.15, 0.2) is 30.5 Å². The summed E-state index contributed by atoms with van der Waals surface area (Å²) in [5, 5.41) is 18.9. The standard InChI is InChI=1S/C15H14N6O2/c1-8-5-12(18-13-6-9(2)20-21-13)19-14(17-8)10-3-4-11(15(22)23)16-7-10/h3-7H,1-2H3,(H,22,23)(H2,17,18,19,20,21). The largest absolute Gasteiger partial charge is 0.477 e. The molecule has 0 bridgehead atoms. The van der Waals surface area contributed by atoms with Crippen molar-refractivity contribution in [2.24, 2.45) is 0 Å². The number of aromatic carboxylic acids is 1. The molecule has 0 unspecified atom stereocenters. The first-order valence-corrected chi connectivity index (χ1v) is 6.86. The molecule has 23 heavy (non-hydrogen) atoms. The molecule has 3 aromatic rings. The van der Waals surface area contributed by atoms with Gasteiger partial charge in [-0.3, -0.25) is 5.10 Å². The minimum atomic E-state index is -1.07. The van der Waals surface area contributed by atoms with Crippen LogP contribution in [-0.2, 0) is 0 Å². The van der Waals surface area contributed by atoms with Crippen molar-refractivity contribution in [1.29, 1.82) is 0 Å². The Labute approximate surface area is 131 Å². The number of rotatable bonds is 4. The Bertz CT molecular complexity index is 857. The van der Waals surface area contributed by atoms with Crippen LogP contribution < -0.4 is 5.32 Å². The molecule has 0 fully saturated rings. The Morgan fingerprint density at radius 1 is 1.17 bits per heavy atom. The highest BCUT2D eigenvalue weighted by molar-refractivity contribution is 5.85. The molecule has 0 radical (unpaired) electrons. The minimum absolute atomic E-state index is 0.0215. The first-order chi connectivity index (χ1) is 11.0. The van der Waals surface area contributed by atoms with Gasteiger partial charge in [-0.25, -0.2) is 19.7 Å². The molecule has 116 valence electrons. The number of aromatic amines is 1. The fourth-order valence-corrected chi connectivity index (χ4v) is 2.03. The van der Waals surface area contributed by atoms with E-state index in [2.05, 4.69) is 30.5 Å². The van der Waals surface area contributed by atoms with Gasteiger partial charge in [0.1, 0.15) is 11.5 Å². The lowest BCUT2D eigenvalue weighted by Crippen LogP contribution is -2.02. The number of nitrogens with one attached hydrogen (secondary N) is 2. The molecular weight excluding hydrogens is 296 g/mol. The second-order valence-corrected chi connectivity index (χ2v) is 5.02.